The van der Waals surface area contributed by atoms with E-state index in [0.717, 1.165) is 4.90 Å². The molecule has 0 heterocycles. The summed E-state index contributed by atoms with van der Waals surface area (Å²) < 4.78 is 4.85. The average Bonchev–Trinajstić information content (AvgIpc) is 2.43. The number of carbonyl (C=O) groups is 2. The SMILES string of the molecule is COCCC(NC(=O)c1ccc(SC(C)C)cc1)C(=O)O. The molecule has 5 nitrogen and oxygen atoms in total. The molecule has 0 aliphatic heterocycles. The number of hydrogen-bond donors (Lipinski definition) is 2. The Balaban J connectivity index is 2.67. The van der Waals surface area contributed by atoms with Gasteiger partial charge in [-0.25, -0.2) is 4.79 Å². The van der Waals surface area contributed by atoms with Crippen molar-refractivity contribution in [3.05, 3.63) is 29.8 Å². The fraction of sp³-hybridized carbons (Fsp3) is 0.467. The predicted octanol–water partition coefficient (Wildman–Crippen LogP) is 2.41. The molecule has 0 aliphatic rings. The zero-order chi connectivity index (χ0) is 15.8. The van der Waals surface area contributed by atoms with E-state index in [4.69, 9.17) is 9.84 Å². The zero-order valence-corrected chi connectivity index (χ0v) is 13.3. The summed E-state index contributed by atoms with van der Waals surface area (Å²) in [5, 5.41) is 12.0. The molecule has 1 atom stereocenters. The van der Waals surface area contributed by atoms with Gasteiger partial charge < -0.3 is 15.2 Å². The van der Waals surface area contributed by atoms with Crippen LogP contribution in [0.3, 0.4) is 0 Å². The topological polar surface area (TPSA) is 75.6 Å². The number of ether oxygens (including phenoxy) is 1. The second-order valence-corrected chi connectivity index (χ2v) is 6.49. The first-order valence-corrected chi connectivity index (χ1v) is 7.61. The second-order valence-electron chi connectivity index (χ2n) is 4.84. The largest absolute Gasteiger partial charge is 0.480 e. The van der Waals surface area contributed by atoms with E-state index >= 15 is 0 Å². The molecule has 1 rings (SSSR count). The van der Waals surface area contributed by atoms with Gasteiger partial charge in [0.05, 0.1) is 0 Å². The number of hydrogen-bond acceptors (Lipinski definition) is 4. The van der Waals surface area contributed by atoms with Crippen LogP contribution in [-0.4, -0.2) is 42.0 Å². The normalized spacial score (nSPS) is 12.2. The van der Waals surface area contributed by atoms with Crippen LogP contribution in [-0.2, 0) is 9.53 Å². The summed E-state index contributed by atoms with van der Waals surface area (Å²) in [7, 11) is 1.49. The van der Waals surface area contributed by atoms with Gasteiger partial charge in [-0.15, -0.1) is 11.8 Å². The average molecular weight is 311 g/mol. The van der Waals surface area contributed by atoms with Crippen molar-refractivity contribution < 1.29 is 19.4 Å². The summed E-state index contributed by atoms with van der Waals surface area (Å²) in [4.78, 5) is 24.2. The Morgan fingerprint density at radius 2 is 1.90 bits per heavy atom. The lowest BCUT2D eigenvalue weighted by molar-refractivity contribution is -0.139. The molecule has 1 aromatic rings. The minimum Gasteiger partial charge on any atom is -0.480 e. The highest BCUT2D eigenvalue weighted by atomic mass is 32.2. The highest BCUT2D eigenvalue weighted by Gasteiger charge is 2.20. The Morgan fingerprint density at radius 1 is 1.29 bits per heavy atom. The maximum Gasteiger partial charge on any atom is 0.326 e. The first-order chi connectivity index (χ1) is 9.93. The van der Waals surface area contributed by atoms with Gasteiger partial charge >= 0.3 is 5.97 Å². The standard InChI is InChI=1S/C15H21NO4S/c1-10(2)21-12-6-4-11(5-7-12)14(17)16-13(15(18)19)8-9-20-3/h4-7,10,13H,8-9H2,1-3H3,(H,16,17)(H,18,19). The van der Waals surface area contributed by atoms with Crippen molar-refractivity contribution in [1.82, 2.24) is 5.32 Å². The minimum absolute atomic E-state index is 0.235. The lowest BCUT2D eigenvalue weighted by Gasteiger charge is -2.14. The van der Waals surface area contributed by atoms with Crippen molar-refractivity contribution in [3.63, 3.8) is 0 Å². The van der Waals surface area contributed by atoms with Crippen molar-refractivity contribution in [2.45, 2.75) is 36.5 Å². The first-order valence-electron chi connectivity index (χ1n) is 6.73. The molecular weight excluding hydrogens is 290 g/mol. The number of thioether (sulfide) groups is 1. The molecule has 2 N–H and O–H groups in total. The van der Waals surface area contributed by atoms with Crippen LogP contribution in [0.5, 0.6) is 0 Å². The smallest absolute Gasteiger partial charge is 0.326 e. The molecule has 6 heteroatoms. The first kappa shape index (κ1) is 17.5. The quantitative estimate of drug-likeness (QED) is 0.721. The molecule has 116 valence electrons. The van der Waals surface area contributed by atoms with Gasteiger partial charge in [0.1, 0.15) is 6.04 Å². The number of methoxy groups -OCH3 is 1. The number of carboxylic acids is 1. The van der Waals surface area contributed by atoms with Crippen LogP contribution >= 0.6 is 11.8 Å². The Kier molecular flexibility index (Phi) is 7.25. The van der Waals surface area contributed by atoms with E-state index in [1.165, 1.54) is 7.11 Å². The Labute approximate surface area is 129 Å². The monoisotopic (exact) mass is 311 g/mol. The molecule has 1 amide bonds. The van der Waals surface area contributed by atoms with Gasteiger partial charge in [-0.05, 0) is 24.3 Å². The van der Waals surface area contributed by atoms with Gasteiger partial charge in [0.2, 0.25) is 0 Å². The van der Waals surface area contributed by atoms with E-state index in [2.05, 4.69) is 19.2 Å². The van der Waals surface area contributed by atoms with E-state index in [0.29, 0.717) is 10.8 Å². The van der Waals surface area contributed by atoms with E-state index < -0.39 is 12.0 Å². The van der Waals surface area contributed by atoms with Crippen molar-refractivity contribution in [2.24, 2.45) is 0 Å². The van der Waals surface area contributed by atoms with Crippen molar-refractivity contribution in [3.8, 4) is 0 Å². The number of nitrogens with one attached hydrogen (secondary N) is 1. The maximum absolute atomic E-state index is 12.0. The van der Waals surface area contributed by atoms with Crippen molar-refractivity contribution in [2.75, 3.05) is 13.7 Å². The molecular formula is C15H21NO4S. The summed E-state index contributed by atoms with van der Waals surface area (Å²) >= 11 is 1.71. The van der Waals surface area contributed by atoms with Crippen LogP contribution in [0.1, 0.15) is 30.6 Å². The van der Waals surface area contributed by atoms with Gasteiger partial charge in [-0.1, -0.05) is 13.8 Å². The molecule has 1 unspecified atom stereocenters. The predicted molar refractivity (Wildman–Crippen MR) is 82.8 cm³/mol. The Bertz CT molecular complexity index is 473. The third-order valence-electron chi connectivity index (χ3n) is 2.70. The molecule has 0 bridgehead atoms. The van der Waals surface area contributed by atoms with Gasteiger partial charge in [-0.3, -0.25) is 4.79 Å². The Morgan fingerprint density at radius 3 is 2.38 bits per heavy atom. The fourth-order valence-corrected chi connectivity index (χ4v) is 2.53. The van der Waals surface area contributed by atoms with Crippen molar-refractivity contribution >= 4 is 23.6 Å². The molecule has 0 saturated carbocycles. The second kappa shape index (κ2) is 8.69. The van der Waals surface area contributed by atoms with E-state index in [-0.39, 0.29) is 18.9 Å². The molecule has 0 spiro atoms. The van der Waals surface area contributed by atoms with Gasteiger partial charge in [0.15, 0.2) is 0 Å². The fourth-order valence-electron chi connectivity index (χ4n) is 1.69. The van der Waals surface area contributed by atoms with Crippen LogP contribution in [0.2, 0.25) is 0 Å². The van der Waals surface area contributed by atoms with Crippen molar-refractivity contribution in [1.29, 1.82) is 0 Å². The molecule has 0 fully saturated rings. The van der Waals surface area contributed by atoms with Gasteiger partial charge in [0, 0.05) is 35.8 Å². The Hall–Kier alpha value is -1.53. The molecule has 0 aromatic heterocycles. The number of carbonyl (C=O) groups excluding carboxylic acids is 1. The molecule has 21 heavy (non-hydrogen) atoms. The number of benzene rings is 1. The lowest BCUT2D eigenvalue weighted by atomic mass is 10.1. The molecule has 0 radical (unpaired) electrons. The van der Waals surface area contributed by atoms with Gasteiger partial charge in [-0.2, -0.15) is 0 Å². The summed E-state index contributed by atoms with van der Waals surface area (Å²) in [6.07, 6.45) is 0.235. The van der Waals surface area contributed by atoms with E-state index in [1.54, 1.807) is 23.9 Å². The lowest BCUT2D eigenvalue weighted by Crippen LogP contribution is -2.41. The number of rotatable bonds is 8. The third-order valence-corrected chi connectivity index (χ3v) is 3.72. The maximum atomic E-state index is 12.0. The zero-order valence-electron chi connectivity index (χ0n) is 12.5. The molecule has 0 aliphatic carbocycles. The third kappa shape index (κ3) is 6.18. The molecule has 0 saturated heterocycles. The van der Waals surface area contributed by atoms with Crippen LogP contribution < -0.4 is 5.32 Å². The minimum atomic E-state index is -1.06. The summed E-state index contributed by atoms with van der Waals surface area (Å²) in [6, 6.07) is 6.20. The summed E-state index contributed by atoms with van der Waals surface area (Å²) in [6.45, 7) is 4.47. The summed E-state index contributed by atoms with van der Waals surface area (Å²) in [5.74, 6) is -1.45. The number of amides is 1. The number of carboxylic acid groups (broad SMARTS) is 1. The van der Waals surface area contributed by atoms with Crippen LogP contribution in [0, 0.1) is 0 Å². The van der Waals surface area contributed by atoms with Gasteiger partial charge in [0.25, 0.3) is 5.91 Å². The molecule has 1 aromatic carbocycles. The number of aliphatic carboxylic acids is 1. The van der Waals surface area contributed by atoms with E-state index in [9.17, 15) is 9.59 Å². The van der Waals surface area contributed by atoms with Crippen LogP contribution in [0.4, 0.5) is 0 Å². The van der Waals surface area contributed by atoms with Crippen LogP contribution in [0.25, 0.3) is 0 Å². The highest BCUT2D eigenvalue weighted by molar-refractivity contribution is 7.99. The van der Waals surface area contributed by atoms with Crippen LogP contribution in [0.15, 0.2) is 29.2 Å². The highest BCUT2D eigenvalue weighted by Crippen LogP contribution is 2.22. The summed E-state index contributed by atoms with van der Waals surface area (Å²) in [5.41, 5.74) is 0.451. The van der Waals surface area contributed by atoms with E-state index in [1.807, 2.05) is 12.1 Å².